The first-order valence-electron chi connectivity index (χ1n) is 8.70. The summed E-state index contributed by atoms with van der Waals surface area (Å²) in [6, 6.07) is 3.93. The molecule has 0 atom stereocenters. The van der Waals surface area contributed by atoms with Crippen LogP contribution in [0.4, 0.5) is 5.13 Å². The molecule has 1 fully saturated rings. The summed E-state index contributed by atoms with van der Waals surface area (Å²) in [5, 5.41) is 3.26. The molecular formula is C18H23N3O4S. The van der Waals surface area contributed by atoms with Crippen LogP contribution in [0.5, 0.6) is 0 Å². The molecule has 2 aromatic rings. The lowest BCUT2D eigenvalue weighted by atomic mass is 9.86. The Bertz CT molecular complexity index is 764. The summed E-state index contributed by atoms with van der Waals surface area (Å²) in [5.74, 6) is -0.584. The van der Waals surface area contributed by atoms with E-state index >= 15 is 0 Å². The number of thiazole rings is 1. The Balaban J connectivity index is 1.71. The Hall–Kier alpha value is -2.19. The van der Waals surface area contributed by atoms with Crippen LogP contribution in [0.15, 0.2) is 24.5 Å². The minimum absolute atomic E-state index is 0.121. The molecule has 1 saturated heterocycles. The molecule has 0 saturated carbocycles. The number of anilines is 1. The number of hydrogen-bond acceptors (Lipinski definition) is 6. The zero-order valence-electron chi connectivity index (χ0n) is 15.0. The maximum atomic E-state index is 12.7. The van der Waals surface area contributed by atoms with Gasteiger partial charge in [-0.05, 0) is 38.8 Å². The molecule has 8 heteroatoms. The van der Waals surface area contributed by atoms with E-state index in [-0.39, 0.29) is 17.1 Å². The SMILES string of the molecule is CCOC(=O)c1nc(NC(=O)CC2(n3cccc3)CCOCC2)sc1C. The molecule has 1 N–H and O–H groups in total. The number of amides is 1. The van der Waals surface area contributed by atoms with Crippen LogP contribution in [-0.2, 0) is 19.8 Å². The zero-order valence-corrected chi connectivity index (χ0v) is 15.8. The fourth-order valence-corrected chi connectivity index (χ4v) is 4.05. The van der Waals surface area contributed by atoms with Gasteiger partial charge < -0.3 is 19.4 Å². The zero-order chi connectivity index (χ0) is 18.6. The van der Waals surface area contributed by atoms with Crippen LogP contribution < -0.4 is 5.32 Å². The molecule has 26 heavy (non-hydrogen) atoms. The minimum Gasteiger partial charge on any atom is -0.461 e. The lowest BCUT2D eigenvalue weighted by molar-refractivity contribution is -0.119. The normalized spacial score (nSPS) is 16.2. The van der Waals surface area contributed by atoms with Crippen LogP contribution in [0.25, 0.3) is 0 Å². The van der Waals surface area contributed by atoms with Crippen LogP contribution in [0.3, 0.4) is 0 Å². The Kier molecular flexibility index (Phi) is 5.73. The van der Waals surface area contributed by atoms with Gasteiger partial charge in [0, 0.05) is 30.5 Å². The lowest BCUT2D eigenvalue weighted by Gasteiger charge is -2.38. The topological polar surface area (TPSA) is 82.5 Å². The highest BCUT2D eigenvalue weighted by atomic mass is 32.1. The molecule has 1 amide bonds. The molecule has 7 nitrogen and oxygen atoms in total. The van der Waals surface area contributed by atoms with E-state index in [2.05, 4.69) is 14.9 Å². The summed E-state index contributed by atoms with van der Waals surface area (Å²) in [7, 11) is 0. The van der Waals surface area contributed by atoms with Crippen molar-refractivity contribution in [3.8, 4) is 0 Å². The van der Waals surface area contributed by atoms with Crippen LogP contribution in [-0.4, -0.2) is 41.2 Å². The van der Waals surface area contributed by atoms with Gasteiger partial charge in [-0.15, -0.1) is 11.3 Å². The maximum Gasteiger partial charge on any atom is 0.358 e. The lowest BCUT2D eigenvalue weighted by Crippen LogP contribution is -2.42. The molecule has 0 radical (unpaired) electrons. The molecule has 0 spiro atoms. The molecule has 3 rings (SSSR count). The van der Waals surface area contributed by atoms with E-state index in [1.165, 1.54) is 11.3 Å². The van der Waals surface area contributed by atoms with E-state index in [0.717, 1.165) is 17.7 Å². The quantitative estimate of drug-likeness (QED) is 0.783. The average Bonchev–Trinajstić information content (AvgIpc) is 3.26. The summed E-state index contributed by atoms with van der Waals surface area (Å²) in [4.78, 5) is 29.5. The van der Waals surface area contributed by atoms with Crippen molar-refractivity contribution < 1.29 is 19.1 Å². The molecule has 0 bridgehead atoms. The van der Waals surface area contributed by atoms with Gasteiger partial charge in [-0.25, -0.2) is 9.78 Å². The number of hydrogen-bond donors (Lipinski definition) is 1. The first-order valence-corrected chi connectivity index (χ1v) is 9.51. The third kappa shape index (κ3) is 3.96. The highest BCUT2D eigenvalue weighted by molar-refractivity contribution is 7.16. The number of aryl methyl sites for hydroxylation is 1. The van der Waals surface area contributed by atoms with Crippen LogP contribution in [0.2, 0.25) is 0 Å². The average molecular weight is 377 g/mol. The number of ether oxygens (including phenoxy) is 2. The summed E-state index contributed by atoms with van der Waals surface area (Å²) in [6.45, 7) is 5.10. The van der Waals surface area contributed by atoms with Crippen LogP contribution in [0, 0.1) is 6.92 Å². The monoisotopic (exact) mass is 377 g/mol. The number of aromatic nitrogens is 2. The summed E-state index contributed by atoms with van der Waals surface area (Å²) in [6.07, 6.45) is 5.87. The molecular weight excluding hydrogens is 354 g/mol. The van der Waals surface area contributed by atoms with Gasteiger partial charge in [0.15, 0.2) is 10.8 Å². The summed E-state index contributed by atoms with van der Waals surface area (Å²) in [5.41, 5.74) is -0.0272. The second-order valence-electron chi connectivity index (χ2n) is 6.30. The third-order valence-electron chi connectivity index (χ3n) is 4.58. The van der Waals surface area contributed by atoms with Crippen molar-refractivity contribution in [1.82, 2.24) is 9.55 Å². The number of carbonyl (C=O) groups is 2. The van der Waals surface area contributed by atoms with E-state index in [0.29, 0.717) is 31.4 Å². The van der Waals surface area contributed by atoms with Gasteiger partial charge >= 0.3 is 5.97 Å². The largest absolute Gasteiger partial charge is 0.461 e. The minimum atomic E-state index is -0.463. The van der Waals surface area contributed by atoms with Gasteiger partial charge in [0.1, 0.15) is 0 Å². The van der Waals surface area contributed by atoms with Crippen molar-refractivity contribution in [2.45, 2.75) is 38.6 Å². The van der Waals surface area contributed by atoms with Crippen LogP contribution >= 0.6 is 11.3 Å². The smallest absolute Gasteiger partial charge is 0.358 e. The maximum absolute atomic E-state index is 12.7. The predicted molar refractivity (Wildman–Crippen MR) is 98.5 cm³/mol. The van der Waals surface area contributed by atoms with E-state index in [4.69, 9.17) is 9.47 Å². The first kappa shape index (κ1) is 18.6. The van der Waals surface area contributed by atoms with Crippen molar-refractivity contribution in [2.24, 2.45) is 0 Å². The number of carbonyl (C=O) groups excluding carboxylic acids is 2. The standard InChI is InChI=1S/C18H23N3O4S/c1-3-25-16(23)15-13(2)26-17(20-15)19-14(22)12-18(6-10-24-11-7-18)21-8-4-5-9-21/h4-5,8-9H,3,6-7,10-12H2,1-2H3,(H,19,20,22). The molecule has 0 aliphatic carbocycles. The van der Waals surface area contributed by atoms with E-state index < -0.39 is 5.97 Å². The molecule has 3 heterocycles. The Morgan fingerprint density at radius 1 is 1.35 bits per heavy atom. The molecule has 1 aliphatic rings. The van der Waals surface area contributed by atoms with E-state index in [1.54, 1.807) is 13.8 Å². The Morgan fingerprint density at radius 3 is 2.69 bits per heavy atom. The molecule has 0 aromatic carbocycles. The number of nitrogens with one attached hydrogen (secondary N) is 1. The number of esters is 1. The van der Waals surface area contributed by atoms with Crippen molar-refractivity contribution >= 4 is 28.3 Å². The number of rotatable bonds is 6. The van der Waals surface area contributed by atoms with Crippen molar-refractivity contribution in [1.29, 1.82) is 0 Å². The van der Waals surface area contributed by atoms with Gasteiger partial charge in [0.25, 0.3) is 0 Å². The highest BCUT2D eigenvalue weighted by Gasteiger charge is 2.36. The van der Waals surface area contributed by atoms with Gasteiger partial charge in [0.05, 0.1) is 18.6 Å². The predicted octanol–water partition coefficient (Wildman–Crippen LogP) is 2.96. The fourth-order valence-electron chi connectivity index (χ4n) is 3.23. The highest BCUT2D eigenvalue weighted by Crippen LogP contribution is 2.33. The summed E-state index contributed by atoms with van der Waals surface area (Å²) >= 11 is 1.28. The summed E-state index contributed by atoms with van der Waals surface area (Å²) < 4.78 is 12.6. The Labute approximate surface area is 156 Å². The molecule has 2 aromatic heterocycles. The molecule has 0 unspecified atom stereocenters. The van der Waals surface area contributed by atoms with Gasteiger partial charge in [0.2, 0.25) is 5.91 Å². The molecule has 140 valence electrons. The second kappa shape index (κ2) is 8.01. The van der Waals surface area contributed by atoms with Crippen molar-refractivity contribution in [2.75, 3.05) is 25.1 Å². The fraction of sp³-hybridized carbons (Fsp3) is 0.500. The van der Waals surface area contributed by atoms with Crippen LogP contribution in [0.1, 0.15) is 41.6 Å². The van der Waals surface area contributed by atoms with Gasteiger partial charge in [-0.3, -0.25) is 4.79 Å². The molecule has 1 aliphatic heterocycles. The third-order valence-corrected chi connectivity index (χ3v) is 5.46. The van der Waals surface area contributed by atoms with E-state index in [1.807, 2.05) is 24.5 Å². The van der Waals surface area contributed by atoms with E-state index in [9.17, 15) is 9.59 Å². The Morgan fingerprint density at radius 2 is 2.04 bits per heavy atom. The van der Waals surface area contributed by atoms with Crippen molar-refractivity contribution in [3.05, 3.63) is 35.1 Å². The second-order valence-corrected chi connectivity index (χ2v) is 7.50. The van der Waals surface area contributed by atoms with Crippen molar-refractivity contribution in [3.63, 3.8) is 0 Å². The number of nitrogens with zero attached hydrogens (tertiary/aromatic N) is 2. The first-order chi connectivity index (χ1) is 12.5. The van der Waals surface area contributed by atoms with Gasteiger partial charge in [-0.1, -0.05) is 0 Å². The van der Waals surface area contributed by atoms with Gasteiger partial charge in [-0.2, -0.15) is 0 Å².